The molecule has 3 heteroatoms. The van der Waals surface area contributed by atoms with E-state index in [1.807, 2.05) is 26.8 Å². The van der Waals surface area contributed by atoms with Gasteiger partial charge in [-0.2, -0.15) is 5.26 Å². The predicted molar refractivity (Wildman–Crippen MR) is 69.8 cm³/mol. The van der Waals surface area contributed by atoms with Crippen LogP contribution in [0.4, 0.5) is 0 Å². The third-order valence-corrected chi connectivity index (χ3v) is 3.43. The van der Waals surface area contributed by atoms with Crippen molar-refractivity contribution in [1.29, 1.82) is 5.26 Å². The second-order valence-electron chi connectivity index (χ2n) is 6.17. The van der Waals surface area contributed by atoms with E-state index in [2.05, 4.69) is 6.07 Å². The fraction of sp³-hybridized carbons (Fsp3) is 0.533. The van der Waals surface area contributed by atoms with E-state index in [4.69, 9.17) is 10.00 Å². The average Bonchev–Trinajstić information content (AvgIpc) is 2.27. The molecule has 1 aliphatic rings. The Balaban J connectivity index is 2.49. The van der Waals surface area contributed by atoms with E-state index in [0.717, 1.165) is 23.3 Å². The number of aromatic hydroxyl groups is 1. The third-order valence-electron chi connectivity index (χ3n) is 3.43. The summed E-state index contributed by atoms with van der Waals surface area (Å²) in [5.74, 6) is 1.04. The molecule has 1 aliphatic heterocycles. The molecule has 2 rings (SSSR count). The molecule has 0 radical (unpaired) electrons. The van der Waals surface area contributed by atoms with Gasteiger partial charge in [0, 0.05) is 12.0 Å². The van der Waals surface area contributed by atoms with Gasteiger partial charge in [0.15, 0.2) is 5.60 Å². The van der Waals surface area contributed by atoms with Crippen molar-refractivity contribution in [3.8, 4) is 17.6 Å². The Morgan fingerprint density at radius 3 is 2.61 bits per heavy atom. The highest BCUT2D eigenvalue weighted by Gasteiger charge is 2.33. The van der Waals surface area contributed by atoms with Crippen molar-refractivity contribution in [2.45, 2.75) is 51.6 Å². The van der Waals surface area contributed by atoms with Crippen molar-refractivity contribution >= 4 is 0 Å². The van der Waals surface area contributed by atoms with Gasteiger partial charge in [0.25, 0.3) is 0 Å². The molecular weight excluding hydrogens is 226 g/mol. The monoisotopic (exact) mass is 245 g/mol. The zero-order valence-electron chi connectivity index (χ0n) is 11.4. The number of hydrogen-bond acceptors (Lipinski definition) is 3. The molecular formula is C15H19NO2. The van der Waals surface area contributed by atoms with Crippen LogP contribution in [0.25, 0.3) is 0 Å². The third kappa shape index (κ3) is 2.15. The Bertz CT molecular complexity index is 523. The number of fused-ring (bicyclic) bond motifs is 1. The molecule has 1 unspecified atom stereocenters. The first-order valence-electron chi connectivity index (χ1n) is 6.22. The summed E-state index contributed by atoms with van der Waals surface area (Å²) in [6.45, 7) is 7.93. The summed E-state index contributed by atoms with van der Waals surface area (Å²) < 4.78 is 5.79. The second-order valence-corrected chi connectivity index (χ2v) is 6.17. The minimum absolute atomic E-state index is 0.150. The number of hydrogen-bond donors (Lipinski definition) is 1. The topological polar surface area (TPSA) is 53.2 Å². The fourth-order valence-electron chi connectivity index (χ4n) is 2.25. The lowest BCUT2D eigenvalue weighted by Crippen LogP contribution is -2.34. The summed E-state index contributed by atoms with van der Waals surface area (Å²) in [7, 11) is 0. The van der Waals surface area contributed by atoms with Gasteiger partial charge in [0.1, 0.15) is 17.6 Å². The van der Waals surface area contributed by atoms with Gasteiger partial charge in [-0.25, -0.2) is 0 Å². The maximum absolute atomic E-state index is 10.1. The zero-order valence-corrected chi connectivity index (χ0v) is 11.4. The van der Waals surface area contributed by atoms with E-state index in [-0.39, 0.29) is 5.41 Å². The van der Waals surface area contributed by atoms with Crippen LogP contribution in [-0.4, -0.2) is 10.7 Å². The molecule has 0 saturated heterocycles. The van der Waals surface area contributed by atoms with Crippen LogP contribution in [0.5, 0.6) is 11.5 Å². The Labute approximate surface area is 108 Å². The summed E-state index contributed by atoms with van der Waals surface area (Å²) in [6, 6.07) is 5.85. The van der Waals surface area contributed by atoms with E-state index in [1.54, 1.807) is 13.0 Å². The van der Waals surface area contributed by atoms with E-state index in [0.29, 0.717) is 12.2 Å². The number of rotatable bonds is 0. The van der Waals surface area contributed by atoms with Crippen LogP contribution in [0, 0.1) is 11.3 Å². The molecule has 0 bridgehead atoms. The van der Waals surface area contributed by atoms with Crippen molar-refractivity contribution in [2.24, 2.45) is 0 Å². The van der Waals surface area contributed by atoms with Crippen LogP contribution in [0.3, 0.4) is 0 Å². The number of benzene rings is 1. The van der Waals surface area contributed by atoms with Crippen LogP contribution in [0.1, 0.15) is 45.2 Å². The van der Waals surface area contributed by atoms with E-state index in [9.17, 15) is 5.11 Å². The van der Waals surface area contributed by atoms with E-state index < -0.39 is 5.60 Å². The molecule has 3 nitrogen and oxygen atoms in total. The van der Waals surface area contributed by atoms with E-state index >= 15 is 0 Å². The summed E-state index contributed by atoms with van der Waals surface area (Å²) in [4.78, 5) is 0. The fourth-order valence-corrected chi connectivity index (χ4v) is 2.25. The summed E-state index contributed by atoms with van der Waals surface area (Å²) in [5, 5.41) is 19.2. The molecule has 1 N–H and O–H groups in total. The quantitative estimate of drug-likeness (QED) is 0.763. The number of ether oxygens (including phenoxy) is 1. The summed E-state index contributed by atoms with van der Waals surface area (Å²) >= 11 is 0. The number of phenolic OH excluding ortho intramolecular Hbond substituents is 1. The lowest BCUT2D eigenvalue weighted by molar-refractivity contribution is 0.121. The largest absolute Gasteiger partial charge is 0.508 e. The molecule has 1 aromatic rings. The molecule has 1 atom stereocenters. The van der Waals surface area contributed by atoms with Crippen molar-refractivity contribution < 1.29 is 9.84 Å². The van der Waals surface area contributed by atoms with Crippen LogP contribution in [0.15, 0.2) is 12.1 Å². The Morgan fingerprint density at radius 1 is 1.39 bits per heavy atom. The first-order valence-corrected chi connectivity index (χ1v) is 6.22. The highest BCUT2D eigenvalue weighted by atomic mass is 16.5. The minimum atomic E-state index is -0.751. The van der Waals surface area contributed by atoms with Gasteiger partial charge in [-0.1, -0.05) is 20.8 Å². The average molecular weight is 245 g/mol. The molecule has 0 saturated carbocycles. The predicted octanol–water partition coefficient (Wildman–Crippen LogP) is 3.30. The molecule has 1 aromatic carbocycles. The van der Waals surface area contributed by atoms with Crippen molar-refractivity contribution in [3.63, 3.8) is 0 Å². The number of phenols is 1. The van der Waals surface area contributed by atoms with E-state index in [1.165, 1.54) is 0 Å². The minimum Gasteiger partial charge on any atom is -0.508 e. The van der Waals surface area contributed by atoms with Gasteiger partial charge in [-0.3, -0.25) is 0 Å². The van der Waals surface area contributed by atoms with Crippen LogP contribution in [-0.2, 0) is 11.8 Å². The number of aryl methyl sites for hydroxylation is 1. The van der Waals surface area contributed by atoms with Gasteiger partial charge in [0.05, 0.1) is 0 Å². The summed E-state index contributed by atoms with van der Waals surface area (Å²) in [5.41, 5.74) is 0.930. The van der Waals surface area contributed by atoms with Gasteiger partial charge in [-0.15, -0.1) is 0 Å². The SMILES string of the molecule is CC1(C#N)CCc2cc(O)c(C(C)(C)C)cc2O1. The highest BCUT2D eigenvalue weighted by Crippen LogP contribution is 2.40. The molecule has 1 heterocycles. The van der Waals surface area contributed by atoms with Gasteiger partial charge >= 0.3 is 0 Å². The molecule has 0 aliphatic carbocycles. The van der Waals surface area contributed by atoms with Crippen LogP contribution >= 0.6 is 0 Å². The van der Waals surface area contributed by atoms with Crippen LogP contribution < -0.4 is 4.74 Å². The molecule has 0 amide bonds. The smallest absolute Gasteiger partial charge is 0.191 e. The maximum Gasteiger partial charge on any atom is 0.191 e. The standard InChI is InChI=1S/C15H19NO2/c1-14(2,3)11-8-13-10(7-12(11)17)5-6-15(4,9-16)18-13/h7-8,17H,5-6H2,1-4H3. The molecule has 96 valence electrons. The lowest BCUT2D eigenvalue weighted by atomic mass is 9.84. The first kappa shape index (κ1) is 12.8. The number of nitriles is 1. The highest BCUT2D eigenvalue weighted by molar-refractivity contribution is 5.50. The van der Waals surface area contributed by atoms with Crippen molar-refractivity contribution in [2.75, 3.05) is 0 Å². The lowest BCUT2D eigenvalue weighted by Gasteiger charge is -2.32. The zero-order chi connectivity index (χ0) is 13.6. The molecule has 0 spiro atoms. The van der Waals surface area contributed by atoms with Gasteiger partial charge in [-0.05, 0) is 36.5 Å². The molecule has 0 aromatic heterocycles. The Morgan fingerprint density at radius 2 is 2.06 bits per heavy atom. The van der Waals surface area contributed by atoms with Crippen molar-refractivity contribution in [1.82, 2.24) is 0 Å². The summed E-state index contributed by atoms with van der Waals surface area (Å²) in [6.07, 6.45) is 1.42. The molecule has 18 heavy (non-hydrogen) atoms. The first-order chi connectivity index (χ1) is 8.25. The van der Waals surface area contributed by atoms with Gasteiger partial charge < -0.3 is 9.84 Å². The van der Waals surface area contributed by atoms with Gasteiger partial charge in [0.2, 0.25) is 0 Å². The molecule has 0 fully saturated rings. The Hall–Kier alpha value is -1.69. The normalized spacial score (nSPS) is 22.8. The van der Waals surface area contributed by atoms with Crippen molar-refractivity contribution in [3.05, 3.63) is 23.3 Å². The second kappa shape index (κ2) is 3.91. The Kier molecular flexibility index (Phi) is 2.77. The maximum atomic E-state index is 10.1. The van der Waals surface area contributed by atoms with Crippen LogP contribution in [0.2, 0.25) is 0 Å². The number of nitrogens with zero attached hydrogens (tertiary/aromatic N) is 1.